The maximum absolute atomic E-state index is 3.69. The van der Waals surface area contributed by atoms with Gasteiger partial charge in [0.15, 0.2) is 0 Å². The molecule has 84 valence electrons. The van der Waals surface area contributed by atoms with Crippen molar-refractivity contribution in [1.29, 1.82) is 0 Å². The largest absolute Gasteiger partial charge is 0.275 e. The predicted octanol–water partition coefficient (Wildman–Crippen LogP) is 2.13. The molecule has 2 atom stereocenters. The van der Waals surface area contributed by atoms with Crippen molar-refractivity contribution in [2.24, 2.45) is 0 Å². The van der Waals surface area contributed by atoms with Gasteiger partial charge in [-0.05, 0) is 11.1 Å². The van der Waals surface area contributed by atoms with Crippen LogP contribution in [0, 0.1) is 0 Å². The molecular weight excluding hydrogens is 208 g/mol. The second-order valence-corrected chi connectivity index (χ2v) is 4.75. The molecule has 2 nitrogen and oxygen atoms in total. The van der Waals surface area contributed by atoms with Gasteiger partial charge in [0.1, 0.15) is 5.66 Å². The van der Waals surface area contributed by atoms with Crippen LogP contribution in [-0.2, 0) is 5.66 Å². The number of nitrogens with zero attached hydrogens (tertiary/aromatic N) is 1. The predicted molar refractivity (Wildman–Crippen MR) is 67.3 cm³/mol. The highest BCUT2D eigenvalue weighted by atomic mass is 15.6. The zero-order valence-corrected chi connectivity index (χ0v) is 9.51. The Balaban J connectivity index is 1.87. The van der Waals surface area contributed by atoms with Crippen LogP contribution >= 0.6 is 0 Å². The van der Waals surface area contributed by atoms with Crippen molar-refractivity contribution in [2.75, 3.05) is 6.54 Å². The van der Waals surface area contributed by atoms with Crippen molar-refractivity contribution in [1.82, 2.24) is 10.2 Å². The van der Waals surface area contributed by atoms with Crippen LogP contribution in [-0.4, -0.2) is 17.6 Å². The van der Waals surface area contributed by atoms with E-state index in [2.05, 4.69) is 70.9 Å². The van der Waals surface area contributed by atoms with Crippen LogP contribution in [0.3, 0.4) is 0 Å². The second-order valence-electron chi connectivity index (χ2n) is 4.75. The lowest BCUT2D eigenvalue weighted by Crippen LogP contribution is -2.61. The topological polar surface area (TPSA) is 15.0 Å². The van der Waals surface area contributed by atoms with Gasteiger partial charge in [0.25, 0.3) is 0 Å². The Morgan fingerprint density at radius 1 is 0.882 bits per heavy atom. The van der Waals surface area contributed by atoms with E-state index in [9.17, 15) is 0 Å². The number of hydrogen-bond donors (Lipinski definition) is 1. The minimum Gasteiger partial charge on any atom is -0.275 e. The van der Waals surface area contributed by atoms with Crippen LogP contribution in [0.2, 0.25) is 0 Å². The molecular formula is C15H14N2. The number of fused-ring (bicyclic) bond motifs is 1. The monoisotopic (exact) mass is 222 g/mol. The maximum atomic E-state index is 3.69. The first-order valence-electron chi connectivity index (χ1n) is 6.07. The molecule has 1 N–H and O–H groups in total. The van der Waals surface area contributed by atoms with Gasteiger partial charge in [0.2, 0.25) is 0 Å². The zero-order chi connectivity index (χ0) is 11.3. The van der Waals surface area contributed by atoms with E-state index in [1.807, 2.05) is 0 Å². The summed E-state index contributed by atoms with van der Waals surface area (Å²) in [4.78, 5) is 2.50. The van der Waals surface area contributed by atoms with Crippen molar-refractivity contribution >= 4 is 0 Å². The maximum Gasteiger partial charge on any atom is 0.126 e. The van der Waals surface area contributed by atoms with Gasteiger partial charge < -0.3 is 0 Å². The van der Waals surface area contributed by atoms with Crippen molar-refractivity contribution < 1.29 is 0 Å². The summed E-state index contributed by atoms with van der Waals surface area (Å²) >= 11 is 0. The van der Waals surface area contributed by atoms with E-state index in [0.29, 0.717) is 6.17 Å². The molecule has 2 aromatic rings. The molecule has 2 heteroatoms. The SMILES string of the molecule is c1ccc(C2(c3ccccc3)NC3CN32)cc1. The van der Waals surface area contributed by atoms with E-state index in [1.165, 1.54) is 11.1 Å². The Bertz CT molecular complexity index is 496. The minimum atomic E-state index is -0.0762. The molecule has 2 heterocycles. The fourth-order valence-electron chi connectivity index (χ4n) is 2.92. The molecule has 2 aliphatic heterocycles. The normalized spacial score (nSPS) is 28.0. The van der Waals surface area contributed by atoms with Crippen LogP contribution in [0.4, 0.5) is 0 Å². The molecule has 2 aliphatic rings. The van der Waals surface area contributed by atoms with Crippen molar-refractivity contribution in [3.05, 3.63) is 71.8 Å². The Kier molecular flexibility index (Phi) is 1.76. The number of benzene rings is 2. The highest BCUT2D eigenvalue weighted by Crippen LogP contribution is 2.48. The lowest BCUT2D eigenvalue weighted by Gasteiger charge is -2.45. The van der Waals surface area contributed by atoms with Crippen molar-refractivity contribution in [2.45, 2.75) is 11.8 Å². The molecule has 2 aromatic carbocycles. The van der Waals surface area contributed by atoms with Gasteiger partial charge in [-0.25, -0.2) is 0 Å². The van der Waals surface area contributed by atoms with Gasteiger partial charge >= 0.3 is 0 Å². The van der Waals surface area contributed by atoms with Crippen molar-refractivity contribution in [3.63, 3.8) is 0 Å². The first kappa shape index (κ1) is 9.40. The molecule has 2 unspecified atom stereocenters. The average molecular weight is 222 g/mol. The molecule has 4 rings (SSSR count). The first-order valence-corrected chi connectivity index (χ1v) is 6.07. The number of rotatable bonds is 2. The highest BCUT2D eigenvalue weighted by Gasteiger charge is 2.63. The van der Waals surface area contributed by atoms with Gasteiger partial charge in [-0.3, -0.25) is 10.2 Å². The lowest BCUT2D eigenvalue weighted by atomic mass is 9.89. The quantitative estimate of drug-likeness (QED) is 0.783. The number of hydrogen-bond acceptors (Lipinski definition) is 2. The second kappa shape index (κ2) is 3.19. The van der Waals surface area contributed by atoms with E-state index < -0.39 is 0 Å². The summed E-state index contributed by atoms with van der Waals surface area (Å²) < 4.78 is 0. The van der Waals surface area contributed by atoms with E-state index >= 15 is 0 Å². The zero-order valence-electron chi connectivity index (χ0n) is 9.51. The van der Waals surface area contributed by atoms with Crippen LogP contribution in [0.25, 0.3) is 0 Å². The molecule has 0 aromatic heterocycles. The van der Waals surface area contributed by atoms with E-state index in [4.69, 9.17) is 0 Å². The van der Waals surface area contributed by atoms with E-state index in [1.54, 1.807) is 0 Å². The van der Waals surface area contributed by atoms with Gasteiger partial charge in [-0.2, -0.15) is 0 Å². The standard InChI is InChI=1S/C15H14N2/c1-3-7-12(8-4-1)15(16-14-11-17(14)15)13-9-5-2-6-10-13/h1-10,14,16H,11H2. The first-order chi connectivity index (χ1) is 8.41. The molecule has 2 fully saturated rings. The Morgan fingerprint density at radius 2 is 1.41 bits per heavy atom. The van der Waals surface area contributed by atoms with Gasteiger partial charge in [0.05, 0.1) is 6.17 Å². The van der Waals surface area contributed by atoms with Crippen LogP contribution < -0.4 is 5.32 Å². The summed E-state index contributed by atoms with van der Waals surface area (Å²) in [5.41, 5.74) is 2.59. The average Bonchev–Trinajstić information content (AvgIpc) is 3.05. The third-order valence-electron chi connectivity index (χ3n) is 3.80. The number of nitrogens with one attached hydrogen (secondary N) is 1. The van der Waals surface area contributed by atoms with Crippen molar-refractivity contribution in [3.8, 4) is 0 Å². The van der Waals surface area contributed by atoms with Crippen LogP contribution in [0.5, 0.6) is 0 Å². The summed E-state index contributed by atoms with van der Waals surface area (Å²) in [5, 5.41) is 3.69. The van der Waals surface area contributed by atoms with Crippen LogP contribution in [0.1, 0.15) is 11.1 Å². The van der Waals surface area contributed by atoms with E-state index in [0.717, 1.165) is 6.54 Å². The fourth-order valence-corrected chi connectivity index (χ4v) is 2.92. The molecule has 0 amide bonds. The summed E-state index contributed by atoms with van der Waals surface area (Å²) in [6.07, 6.45) is 0.593. The molecule has 0 spiro atoms. The molecule has 0 bridgehead atoms. The van der Waals surface area contributed by atoms with Gasteiger partial charge in [-0.15, -0.1) is 0 Å². The molecule has 0 radical (unpaired) electrons. The lowest BCUT2D eigenvalue weighted by molar-refractivity contribution is 0.0987. The Labute approximate surface area is 101 Å². The smallest absolute Gasteiger partial charge is 0.126 e. The van der Waals surface area contributed by atoms with E-state index in [-0.39, 0.29) is 5.66 Å². The Hall–Kier alpha value is -1.64. The van der Waals surface area contributed by atoms with Crippen LogP contribution in [0.15, 0.2) is 60.7 Å². The summed E-state index contributed by atoms with van der Waals surface area (Å²) in [5.74, 6) is 0. The fraction of sp³-hybridized carbons (Fsp3) is 0.200. The Morgan fingerprint density at radius 3 is 1.76 bits per heavy atom. The summed E-state index contributed by atoms with van der Waals surface area (Å²) in [6.45, 7) is 1.16. The molecule has 0 saturated carbocycles. The third-order valence-corrected chi connectivity index (χ3v) is 3.80. The molecule has 17 heavy (non-hydrogen) atoms. The summed E-state index contributed by atoms with van der Waals surface area (Å²) in [7, 11) is 0. The molecule has 2 saturated heterocycles. The highest BCUT2D eigenvalue weighted by molar-refractivity contribution is 5.43. The minimum absolute atomic E-state index is 0.0762. The van der Waals surface area contributed by atoms with Gasteiger partial charge in [0, 0.05) is 6.54 Å². The van der Waals surface area contributed by atoms with Gasteiger partial charge in [-0.1, -0.05) is 60.7 Å². The summed E-state index contributed by atoms with van der Waals surface area (Å²) in [6, 6.07) is 21.4. The third kappa shape index (κ3) is 1.17. The molecule has 0 aliphatic carbocycles.